The molecule has 0 aliphatic rings. The van der Waals surface area contributed by atoms with Crippen molar-refractivity contribution >= 4 is 10.1 Å². The first-order chi connectivity index (χ1) is 10.9. The van der Waals surface area contributed by atoms with E-state index in [1.165, 1.54) is 51.4 Å². The van der Waals surface area contributed by atoms with Crippen LogP contribution in [0.2, 0.25) is 0 Å². The summed E-state index contributed by atoms with van der Waals surface area (Å²) in [6.07, 6.45) is 13.9. The van der Waals surface area contributed by atoms with Crippen LogP contribution in [-0.2, 0) is 10.1 Å². The maximum Gasteiger partial charge on any atom is 1.00 e. The minimum atomic E-state index is -4.22. The van der Waals surface area contributed by atoms with Crippen LogP contribution in [-0.4, -0.2) is 29.4 Å². The predicted octanol–water partition coefficient (Wildman–Crippen LogP) is 1.77. The summed E-state index contributed by atoms with van der Waals surface area (Å²) in [5, 5.41) is 9.04. The Balaban J connectivity index is 0. The summed E-state index contributed by atoms with van der Waals surface area (Å²) in [4.78, 5) is 0. The van der Waals surface area contributed by atoms with Gasteiger partial charge in [-0.1, -0.05) is 78.1 Å². The molecule has 24 heavy (non-hydrogen) atoms. The van der Waals surface area contributed by atoms with Gasteiger partial charge in [0, 0.05) is 5.25 Å². The van der Waals surface area contributed by atoms with E-state index in [0.29, 0.717) is 19.3 Å². The Bertz CT molecular complexity index is 360. The zero-order valence-corrected chi connectivity index (χ0v) is 19.0. The summed E-state index contributed by atoms with van der Waals surface area (Å²) in [7, 11) is -4.22. The van der Waals surface area contributed by atoms with E-state index in [4.69, 9.17) is 0 Å². The molecule has 0 aliphatic carbocycles. The molecule has 0 saturated heterocycles. The van der Waals surface area contributed by atoms with Crippen LogP contribution >= 0.6 is 0 Å². The normalized spacial score (nSPS) is 14.2. The SMILES string of the molecule is CCCCCCCCCCCCC(O)CCC(CC)S(=O)(=O)[O-].[Na+]. The van der Waals surface area contributed by atoms with Crippen LogP contribution in [0.15, 0.2) is 0 Å². The van der Waals surface area contributed by atoms with Crippen molar-refractivity contribution < 1.29 is 47.6 Å². The second kappa shape index (κ2) is 17.3. The van der Waals surface area contributed by atoms with Gasteiger partial charge in [0.2, 0.25) is 0 Å². The Morgan fingerprint density at radius 3 is 1.67 bits per heavy atom. The third-order valence-electron chi connectivity index (χ3n) is 4.58. The third kappa shape index (κ3) is 16.3. The van der Waals surface area contributed by atoms with Crippen molar-refractivity contribution in [2.45, 2.75) is 115 Å². The summed E-state index contributed by atoms with van der Waals surface area (Å²) in [6, 6.07) is 0. The number of hydrogen-bond donors (Lipinski definition) is 1. The Labute approximate surface area is 172 Å². The number of hydrogen-bond acceptors (Lipinski definition) is 4. The third-order valence-corrected chi connectivity index (χ3v) is 5.96. The quantitative estimate of drug-likeness (QED) is 0.254. The van der Waals surface area contributed by atoms with Gasteiger partial charge in [-0.2, -0.15) is 0 Å². The standard InChI is InChI=1S/C18H38O4S.Na/c1-3-5-6-7-8-9-10-11-12-13-14-17(19)15-16-18(4-2)23(20,21)22;/h17-19H,3-16H2,1-2H3,(H,20,21,22);/q;+1/p-1. The van der Waals surface area contributed by atoms with Crippen LogP contribution in [0.4, 0.5) is 0 Å². The summed E-state index contributed by atoms with van der Waals surface area (Å²) in [6.45, 7) is 3.94. The molecule has 0 aromatic heterocycles. The first kappa shape index (κ1) is 27.1. The van der Waals surface area contributed by atoms with Crippen molar-refractivity contribution in [3.8, 4) is 0 Å². The number of aliphatic hydroxyl groups is 1. The minimum absolute atomic E-state index is 0. The van der Waals surface area contributed by atoms with Gasteiger partial charge in [-0.3, -0.25) is 0 Å². The topological polar surface area (TPSA) is 77.4 Å². The van der Waals surface area contributed by atoms with E-state index in [9.17, 15) is 18.1 Å². The Kier molecular flexibility index (Phi) is 19.5. The van der Waals surface area contributed by atoms with Crippen molar-refractivity contribution in [2.75, 3.05) is 0 Å². The van der Waals surface area contributed by atoms with Gasteiger partial charge >= 0.3 is 29.6 Å². The van der Waals surface area contributed by atoms with Crippen molar-refractivity contribution in [3.05, 3.63) is 0 Å². The first-order valence-electron chi connectivity index (χ1n) is 9.54. The molecule has 2 unspecified atom stereocenters. The monoisotopic (exact) mass is 372 g/mol. The second-order valence-corrected chi connectivity index (χ2v) is 8.38. The molecule has 0 aliphatic heterocycles. The van der Waals surface area contributed by atoms with Crippen LogP contribution < -0.4 is 29.6 Å². The van der Waals surface area contributed by atoms with E-state index in [0.717, 1.165) is 12.8 Å². The molecule has 0 bridgehead atoms. The predicted molar refractivity (Wildman–Crippen MR) is 95.5 cm³/mol. The number of aliphatic hydroxyl groups excluding tert-OH is 1. The van der Waals surface area contributed by atoms with Gasteiger partial charge in [0.05, 0.1) is 16.2 Å². The van der Waals surface area contributed by atoms with Gasteiger partial charge in [-0.25, -0.2) is 8.42 Å². The fourth-order valence-electron chi connectivity index (χ4n) is 2.94. The average molecular weight is 373 g/mol. The van der Waals surface area contributed by atoms with E-state index in [2.05, 4.69) is 6.92 Å². The number of rotatable bonds is 16. The van der Waals surface area contributed by atoms with Gasteiger partial charge < -0.3 is 9.66 Å². The molecule has 0 radical (unpaired) electrons. The summed E-state index contributed by atoms with van der Waals surface area (Å²) < 4.78 is 32.9. The van der Waals surface area contributed by atoms with Gasteiger partial charge in [0.1, 0.15) is 0 Å². The van der Waals surface area contributed by atoms with E-state index >= 15 is 0 Å². The zero-order chi connectivity index (χ0) is 17.6. The van der Waals surface area contributed by atoms with E-state index in [-0.39, 0.29) is 36.0 Å². The average Bonchev–Trinajstić information content (AvgIpc) is 2.48. The van der Waals surface area contributed by atoms with E-state index in [1.54, 1.807) is 6.92 Å². The fourth-order valence-corrected chi connectivity index (χ4v) is 3.78. The molecule has 0 aromatic rings. The molecule has 0 heterocycles. The van der Waals surface area contributed by atoms with Gasteiger partial charge in [0.15, 0.2) is 0 Å². The molecular weight excluding hydrogens is 335 g/mol. The molecule has 140 valence electrons. The zero-order valence-electron chi connectivity index (χ0n) is 16.1. The molecule has 1 N–H and O–H groups in total. The van der Waals surface area contributed by atoms with E-state index < -0.39 is 21.5 Å². The molecule has 0 amide bonds. The maximum atomic E-state index is 11.0. The molecule has 0 saturated carbocycles. The van der Waals surface area contributed by atoms with Gasteiger partial charge in [0.25, 0.3) is 0 Å². The second-order valence-electron chi connectivity index (χ2n) is 6.72. The summed E-state index contributed by atoms with van der Waals surface area (Å²) >= 11 is 0. The van der Waals surface area contributed by atoms with Crippen molar-refractivity contribution in [3.63, 3.8) is 0 Å². The Hall–Kier alpha value is 0.870. The van der Waals surface area contributed by atoms with Crippen LogP contribution in [0.1, 0.15) is 104 Å². The van der Waals surface area contributed by atoms with E-state index in [1.807, 2.05) is 0 Å². The van der Waals surface area contributed by atoms with Gasteiger partial charge in [-0.05, 0) is 25.7 Å². The molecular formula is C18H37NaO4S. The van der Waals surface area contributed by atoms with Crippen LogP contribution in [0, 0.1) is 0 Å². The van der Waals surface area contributed by atoms with Crippen LogP contribution in [0.5, 0.6) is 0 Å². The largest absolute Gasteiger partial charge is 1.00 e. The Morgan fingerprint density at radius 2 is 1.25 bits per heavy atom. The van der Waals surface area contributed by atoms with Crippen molar-refractivity contribution in [2.24, 2.45) is 0 Å². The molecule has 4 nitrogen and oxygen atoms in total. The Morgan fingerprint density at radius 1 is 0.792 bits per heavy atom. The maximum absolute atomic E-state index is 11.0. The summed E-state index contributed by atoms with van der Waals surface area (Å²) in [5.41, 5.74) is 0. The molecule has 0 aromatic carbocycles. The number of unbranched alkanes of at least 4 members (excludes halogenated alkanes) is 9. The smallest absolute Gasteiger partial charge is 0.748 e. The summed E-state index contributed by atoms with van der Waals surface area (Å²) in [5.74, 6) is 0. The fraction of sp³-hybridized carbons (Fsp3) is 1.00. The molecule has 0 spiro atoms. The molecule has 2 atom stereocenters. The van der Waals surface area contributed by atoms with Crippen molar-refractivity contribution in [1.29, 1.82) is 0 Å². The van der Waals surface area contributed by atoms with Crippen molar-refractivity contribution in [1.82, 2.24) is 0 Å². The first-order valence-corrected chi connectivity index (χ1v) is 11.0. The van der Waals surface area contributed by atoms with Gasteiger partial charge in [-0.15, -0.1) is 0 Å². The molecule has 0 fully saturated rings. The minimum Gasteiger partial charge on any atom is -0.748 e. The molecule has 6 heteroatoms. The molecule has 0 rings (SSSR count). The van der Waals surface area contributed by atoms with Crippen LogP contribution in [0.25, 0.3) is 0 Å². The van der Waals surface area contributed by atoms with Crippen LogP contribution in [0.3, 0.4) is 0 Å².